The third kappa shape index (κ3) is 44.9. The van der Waals surface area contributed by atoms with Gasteiger partial charge in [0.05, 0.1) is 14.2 Å². The molecule has 23 heavy (non-hydrogen) atoms. The molecule has 138 valence electrons. The maximum absolute atomic E-state index is 8.06. The van der Waals surface area contributed by atoms with Gasteiger partial charge >= 0.3 is 0 Å². The van der Waals surface area contributed by atoms with Crippen molar-refractivity contribution < 1.29 is 46.5 Å². The molecule has 1 rings (SSSR count). The maximum Gasteiger partial charge on any atom is 0.0743 e. The van der Waals surface area contributed by atoms with Gasteiger partial charge in [-0.2, -0.15) is 0 Å². The second kappa shape index (κ2) is 21.5. The first-order valence-electron chi connectivity index (χ1n) is 7.43. The molecule has 0 bridgehead atoms. The molecule has 0 atom stereocenters. The van der Waals surface area contributed by atoms with Crippen LogP contribution in [0.3, 0.4) is 0 Å². The molecule has 0 aliphatic heterocycles. The van der Waals surface area contributed by atoms with E-state index in [4.69, 9.17) is 24.8 Å². The first-order chi connectivity index (χ1) is 10.1. The van der Waals surface area contributed by atoms with E-state index in [1.807, 2.05) is 18.6 Å². The minimum Gasteiger partial charge on any atom is -0.522 e. The van der Waals surface area contributed by atoms with Crippen molar-refractivity contribution in [2.75, 3.05) is 14.2 Å². The fourth-order valence-electron chi connectivity index (χ4n) is 0.834. The summed E-state index contributed by atoms with van der Waals surface area (Å²) in [4.78, 5) is 0. The molecule has 0 saturated carbocycles. The van der Waals surface area contributed by atoms with Gasteiger partial charge in [-0.1, -0.05) is 12.8 Å². The van der Waals surface area contributed by atoms with Crippen LogP contribution in [0.25, 0.3) is 0 Å². The zero-order valence-corrected chi connectivity index (χ0v) is 17.4. The first kappa shape index (κ1) is 30.4. The van der Waals surface area contributed by atoms with Gasteiger partial charge in [0.25, 0.3) is 0 Å². The molecular weight excluding hydrogens is 332 g/mol. The summed E-state index contributed by atoms with van der Waals surface area (Å²) in [5, 5.41) is 24.2. The summed E-state index contributed by atoms with van der Waals surface area (Å²) in [7, 11) is 3.31. The Morgan fingerprint density at radius 2 is 1.00 bits per heavy atom. The van der Waals surface area contributed by atoms with Crippen LogP contribution in [0.4, 0.5) is 0 Å². The zero-order chi connectivity index (χ0) is 18.1. The van der Waals surface area contributed by atoms with Crippen LogP contribution in [-0.2, 0) is 31.2 Å². The first-order valence-corrected chi connectivity index (χ1v) is 7.43. The Hall–Kier alpha value is -0.456. The topological polar surface area (TPSA) is 79.2 Å². The summed E-state index contributed by atoms with van der Waals surface area (Å²) in [5.74, 6) is 1.75. The van der Waals surface area contributed by atoms with Crippen molar-refractivity contribution in [3.05, 3.63) is 30.1 Å². The van der Waals surface area contributed by atoms with E-state index in [1.54, 1.807) is 55.8 Å². The van der Waals surface area contributed by atoms with Crippen molar-refractivity contribution in [1.82, 2.24) is 0 Å². The zero-order valence-electron chi connectivity index (χ0n) is 15.8. The van der Waals surface area contributed by atoms with Gasteiger partial charge in [-0.25, -0.2) is 0 Å². The number of rotatable bonds is 2. The molecule has 1 aliphatic carbocycles. The molecule has 0 aromatic heterocycles. The van der Waals surface area contributed by atoms with Crippen molar-refractivity contribution in [2.45, 2.75) is 66.3 Å². The monoisotopic (exact) mass is 367 g/mol. The summed E-state index contributed by atoms with van der Waals surface area (Å²) in [6.07, 6.45) is 6.26. The van der Waals surface area contributed by atoms with Gasteiger partial charge in [0, 0.05) is 51.5 Å². The molecule has 0 spiro atoms. The van der Waals surface area contributed by atoms with E-state index in [0.29, 0.717) is 0 Å². The van der Waals surface area contributed by atoms with Crippen LogP contribution in [0.5, 0.6) is 0 Å². The van der Waals surface area contributed by atoms with Crippen molar-refractivity contribution in [3.8, 4) is 0 Å². The van der Waals surface area contributed by atoms with E-state index >= 15 is 0 Å². The molecule has 6 heteroatoms. The number of allylic oxidation sites excluding steroid dienone is 2. The number of methoxy groups -OCH3 is 2. The predicted molar refractivity (Wildman–Crippen MR) is 91.2 cm³/mol. The van der Waals surface area contributed by atoms with E-state index in [-0.39, 0.29) is 40.0 Å². The number of ether oxygens (including phenoxy) is 2. The summed E-state index contributed by atoms with van der Waals surface area (Å²) >= 11 is 0. The Morgan fingerprint density at radius 1 is 0.783 bits per heavy atom. The normalized spacial score (nSPS) is 11.9. The summed E-state index contributed by atoms with van der Waals surface area (Å²) in [6.45, 7) is 10.3. The molecule has 0 unspecified atom stereocenters. The average molecular weight is 367 g/mol. The minimum absolute atomic E-state index is 0. The molecule has 0 radical (unpaired) electrons. The third-order valence-electron chi connectivity index (χ3n) is 1.39. The molecule has 0 aromatic carbocycles. The standard InChI is InChI=1S/C8H11O2.3C3H8O.Ti/c1-9-7-4-3-5-8(6-7)10-2;3*1-3(2)4;/h4-6H,3H2,1-2H3;3*3-4H,1-2H3;/q-1;;;;. The van der Waals surface area contributed by atoms with Gasteiger partial charge in [-0.05, 0) is 41.5 Å². The smallest absolute Gasteiger partial charge is 0.0743 e. The molecule has 0 amide bonds. The van der Waals surface area contributed by atoms with Crippen molar-refractivity contribution in [3.63, 3.8) is 0 Å². The van der Waals surface area contributed by atoms with Crippen molar-refractivity contribution in [2.24, 2.45) is 0 Å². The maximum atomic E-state index is 8.06. The van der Waals surface area contributed by atoms with Crippen LogP contribution < -0.4 is 0 Å². The van der Waals surface area contributed by atoms with Gasteiger partial charge in [0.1, 0.15) is 0 Å². The minimum atomic E-state index is -0.167. The Balaban J connectivity index is -0.000000118. The molecule has 5 nitrogen and oxygen atoms in total. The van der Waals surface area contributed by atoms with Crippen LogP contribution in [0.15, 0.2) is 23.7 Å². The third-order valence-corrected chi connectivity index (χ3v) is 1.39. The summed E-state index contributed by atoms with van der Waals surface area (Å²) in [6, 6.07) is 0. The molecule has 3 N–H and O–H groups in total. The van der Waals surface area contributed by atoms with E-state index < -0.39 is 0 Å². The number of hydrogen-bond donors (Lipinski definition) is 3. The quantitative estimate of drug-likeness (QED) is 0.517. The Morgan fingerprint density at radius 3 is 1.17 bits per heavy atom. The van der Waals surface area contributed by atoms with Crippen molar-refractivity contribution in [1.29, 1.82) is 0 Å². The van der Waals surface area contributed by atoms with Crippen LogP contribution in [0.2, 0.25) is 0 Å². The van der Waals surface area contributed by atoms with Gasteiger partial charge in [-0.15, -0.1) is 12.2 Å². The molecular formula is C17H35O5Ti-. The van der Waals surface area contributed by atoms with E-state index in [2.05, 4.69) is 0 Å². The predicted octanol–water partition coefficient (Wildman–Crippen LogP) is 2.81. The Kier molecular flexibility index (Phi) is 28.5. The van der Waals surface area contributed by atoms with Crippen LogP contribution in [-0.4, -0.2) is 47.9 Å². The fraction of sp³-hybridized carbons (Fsp3) is 0.706. The molecule has 0 saturated heterocycles. The number of aliphatic hydroxyl groups excluding tert-OH is 3. The van der Waals surface area contributed by atoms with Gasteiger partial charge in [0.2, 0.25) is 0 Å². The van der Waals surface area contributed by atoms with Crippen LogP contribution in [0.1, 0.15) is 48.0 Å². The van der Waals surface area contributed by atoms with Crippen molar-refractivity contribution >= 4 is 0 Å². The molecule has 1 aliphatic rings. The second-order valence-electron chi connectivity index (χ2n) is 5.28. The largest absolute Gasteiger partial charge is 0.522 e. The van der Waals surface area contributed by atoms with Crippen LogP contribution >= 0.6 is 0 Å². The summed E-state index contributed by atoms with van der Waals surface area (Å²) < 4.78 is 10.0. The Labute approximate surface area is 157 Å². The molecule has 0 heterocycles. The number of hydrogen-bond acceptors (Lipinski definition) is 5. The molecule has 0 fully saturated rings. The van der Waals surface area contributed by atoms with Gasteiger partial charge < -0.3 is 24.8 Å². The van der Waals surface area contributed by atoms with E-state index in [0.717, 1.165) is 17.9 Å². The fourth-order valence-corrected chi connectivity index (χ4v) is 0.834. The number of aliphatic hydroxyl groups is 3. The van der Waals surface area contributed by atoms with E-state index in [9.17, 15) is 0 Å². The van der Waals surface area contributed by atoms with E-state index in [1.165, 1.54) is 0 Å². The summed E-state index contributed by atoms with van der Waals surface area (Å²) in [5.41, 5.74) is 0. The Bertz CT molecular complexity index is 246. The van der Waals surface area contributed by atoms with Gasteiger partial charge in [0.15, 0.2) is 0 Å². The average Bonchev–Trinajstić information content (AvgIpc) is 2.36. The van der Waals surface area contributed by atoms with Gasteiger partial charge in [-0.3, -0.25) is 0 Å². The van der Waals surface area contributed by atoms with Crippen LogP contribution in [0, 0.1) is 6.42 Å². The SMILES string of the molecule is CC(C)O.CC(C)O.CC(C)O.COC1=CCC=C(OC)[CH-]1.[Ti]. The second-order valence-corrected chi connectivity index (χ2v) is 5.28. The molecule has 0 aromatic rings.